The lowest BCUT2D eigenvalue weighted by Gasteiger charge is -2.23. The van der Waals surface area contributed by atoms with Crippen molar-refractivity contribution in [3.63, 3.8) is 0 Å². The number of carbonyl (C=O) groups is 1. The van der Waals surface area contributed by atoms with Crippen molar-refractivity contribution >= 4 is 25.6 Å². The third-order valence-corrected chi connectivity index (χ3v) is 10.6. The maximum Gasteiger partial charge on any atom is 0.305 e. The second-order valence-corrected chi connectivity index (χ2v) is 13.6. The third-order valence-electron chi connectivity index (χ3n) is 6.11. The zero-order valence-corrected chi connectivity index (χ0v) is 21.9. The van der Waals surface area contributed by atoms with Crippen molar-refractivity contribution in [2.45, 2.75) is 121 Å². The second kappa shape index (κ2) is 16.9. The SMILES string of the molecule is CCCCCCC(CC(CCCCCCCCC(=O)OC)S(=O)(=O)CC)S(=O)(=O)CC. The van der Waals surface area contributed by atoms with Gasteiger partial charge in [0.2, 0.25) is 0 Å². The molecule has 0 N–H and O–H groups in total. The molecule has 0 aromatic heterocycles. The van der Waals surface area contributed by atoms with E-state index < -0.39 is 30.2 Å². The van der Waals surface area contributed by atoms with Gasteiger partial charge in [0.05, 0.1) is 17.6 Å². The number of hydrogen-bond donors (Lipinski definition) is 0. The van der Waals surface area contributed by atoms with E-state index in [1.54, 1.807) is 13.8 Å². The van der Waals surface area contributed by atoms with Crippen molar-refractivity contribution < 1.29 is 26.4 Å². The van der Waals surface area contributed by atoms with E-state index in [4.69, 9.17) is 0 Å². The first-order chi connectivity index (χ1) is 14.6. The van der Waals surface area contributed by atoms with Crippen molar-refractivity contribution in [2.24, 2.45) is 0 Å². The zero-order valence-electron chi connectivity index (χ0n) is 20.2. The Hall–Kier alpha value is -0.630. The number of hydrogen-bond acceptors (Lipinski definition) is 6. The lowest BCUT2D eigenvalue weighted by atomic mass is 10.0. The molecule has 0 aliphatic heterocycles. The molecule has 31 heavy (non-hydrogen) atoms. The van der Waals surface area contributed by atoms with Gasteiger partial charge in [-0.25, -0.2) is 16.8 Å². The number of rotatable bonds is 20. The Morgan fingerprint density at radius 2 is 1.10 bits per heavy atom. The van der Waals surface area contributed by atoms with Crippen LogP contribution in [0.25, 0.3) is 0 Å². The van der Waals surface area contributed by atoms with Crippen LogP contribution in [0, 0.1) is 0 Å². The van der Waals surface area contributed by atoms with E-state index >= 15 is 0 Å². The molecule has 0 radical (unpaired) electrons. The first kappa shape index (κ1) is 30.4. The zero-order chi connectivity index (χ0) is 23.8. The Labute approximate surface area is 191 Å². The summed E-state index contributed by atoms with van der Waals surface area (Å²) in [5, 5.41) is -1.13. The van der Waals surface area contributed by atoms with Crippen LogP contribution in [-0.2, 0) is 29.2 Å². The summed E-state index contributed by atoms with van der Waals surface area (Å²) in [7, 11) is -5.16. The van der Waals surface area contributed by atoms with Crippen LogP contribution in [-0.4, -0.2) is 51.9 Å². The molecule has 0 heterocycles. The highest BCUT2D eigenvalue weighted by Crippen LogP contribution is 2.25. The fourth-order valence-corrected chi connectivity index (χ4v) is 7.07. The van der Waals surface area contributed by atoms with Crippen molar-refractivity contribution in [1.82, 2.24) is 0 Å². The molecule has 0 fully saturated rings. The normalized spacial score (nSPS) is 14.3. The second-order valence-electron chi connectivity index (χ2n) is 8.47. The molecule has 0 spiro atoms. The summed E-state index contributed by atoms with van der Waals surface area (Å²) in [5.74, 6) is -0.0607. The summed E-state index contributed by atoms with van der Waals surface area (Å²) >= 11 is 0. The Balaban J connectivity index is 4.73. The Morgan fingerprint density at radius 3 is 1.52 bits per heavy atom. The molecule has 6 nitrogen and oxygen atoms in total. The minimum Gasteiger partial charge on any atom is -0.469 e. The third kappa shape index (κ3) is 13.5. The van der Waals surface area contributed by atoms with Crippen molar-refractivity contribution in [3.8, 4) is 0 Å². The van der Waals surface area contributed by atoms with Crippen LogP contribution in [0.1, 0.15) is 111 Å². The number of carbonyl (C=O) groups excluding carboxylic acids is 1. The number of unbranched alkanes of at least 4 members (excludes halogenated alkanes) is 8. The van der Waals surface area contributed by atoms with E-state index in [1.807, 2.05) is 0 Å². The minimum absolute atomic E-state index is 0.0555. The molecule has 0 bridgehead atoms. The van der Waals surface area contributed by atoms with Gasteiger partial charge in [0.15, 0.2) is 19.7 Å². The van der Waals surface area contributed by atoms with Crippen LogP contribution in [0.15, 0.2) is 0 Å². The van der Waals surface area contributed by atoms with Crippen LogP contribution < -0.4 is 0 Å². The molecule has 2 atom stereocenters. The average Bonchev–Trinajstić information content (AvgIpc) is 2.75. The average molecular weight is 483 g/mol. The van der Waals surface area contributed by atoms with Gasteiger partial charge in [-0.2, -0.15) is 0 Å². The van der Waals surface area contributed by atoms with Crippen molar-refractivity contribution in [2.75, 3.05) is 18.6 Å². The predicted molar refractivity (Wildman–Crippen MR) is 129 cm³/mol. The molecule has 0 amide bonds. The van der Waals surface area contributed by atoms with E-state index in [2.05, 4.69) is 11.7 Å². The molecular weight excluding hydrogens is 436 g/mol. The highest BCUT2D eigenvalue weighted by Gasteiger charge is 2.32. The number of ether oxygens (including phenoxy) is 1. The van der Waals surface area contributed by atoms with Gasteiger partial charge in [-0.3, -0.25) is 4.79 Å². The smallest absolute Gasteiger partial charge is 0.305 e. The molecule has 0 saturated carbocycles. The monoisotopic (exact) mass is 482 g/mol. The van der Waals surface area contributed by atoms with Crippen LogP contribution in [0.3, 0.4) is 0 Å². The summed E-state index contributed by atoms with van der Waals surface area (Å²) in [6, 6.07) is 0. The van der Waals surface area contributed by atoms with E-state index in [9.17, 15) is 21.6 Å². The quantitative estimate of drug-likeness (QED) is 0.174. The van der Waals surface area contributed by atoms with Crippen LogP contribution in [0.2, 0.25) is 0 Å². The van der Waals surface area contributed by atoms with Gasteiger partial charge in [0.25, 0.3) is 0 Å². The summed E-state index contributed by atoms with van der Waals surface area (Å²) < 4.78 is 55.3. The number of sulfone groups is 2. The Kier molecular flexibility index (Phi) is 16.6. The van der Waals surface area contributed by atoms with Crippen LogP contribution in [0.5, 0.6) is 0 Å². The predicted octanol–water partition coefficient (Wildman–Crippen LogP) is 5.25. The lowest BCUT2D eigenvalue weighted by Crippen LogP contribution is -2.33. The Morgan fingerprint density at radius 1 is 0.677 bits per heavy atom. The first-order valence-electron chi connectivity index (χ1n) is 12.1. The summed E-state index contributed by atoms with van der Waals surface area (Å²) in [6.07, 6.45) is 11.2. The lowest BCUT2D eigenvalue weighted by molar-refractivity contribution is -0.140. The molecule has 8 heteroatoms. The fraction of sp³-hybridized carbons (Fsp3) is 0.957. The topological polar surface area (TPSA) is 94.6 Å². The highest BCUT2D eigenvalue weighted by atomic mass is 32.2. The Bertz CT molecular complexity index is 670. The van der Waals surface area contributed by atoms with Gasteiger partial charge in [-0.15, -0.1) is 0 Å². The molecule has 0 aromatic rings. The van der Waals surface area contributed by atoms with Gasteiger partial charge in [0.1, 0.15) is 0 Å². The molecular formula is C23H46O6S2. The molecule has 0 aromatic carbocycles. The van der Waals surface area contributed by atoms with Crippen molar-refractivity contribution in [1.29, 1.82) is 0 Å². The van der Waals surface area contributed by atoms with Gasteiger partial charge in [0, 0.05) is 17.9 Å². The van der Waals surface area contributed by atoms with Gasteiger partial charge < -0.3 is 4.74 Å². The number of methoxy groups -OCH3 is 1. The first-order valence-corrected chi connectivity index (χ1v) is 15.6. The molecule has 186 valence electrons. The summed E-state index contributed by atoms with van der Waals surface area (Å²) in [4.78, 5) is 11.1. The minimum atomic E-state index is -3.29. The van der Waals surface area contributed by atoms with Gasteiger partial charge in [-0.1, -0.05) is 78.6 Å². The van der Waals surface area contributed by atoms with E-state index in [0.29, 0.717) is 19.3 Å². The van der Waals surface area contributed by atoms with Gasteiger partial charge in [-0.05, 0) is 25.7 Å². The summed E-state index contributed by atoms with van der Waals surface area (Å²) in [6.45, 7) is 5.41. The molecule has 0 saturated heterocycles. The van der Waals surface area contributed by atoms with E-state index in [0.717, 1.165) is 64.2 Å². The van der Waals surface area contributed by atoms with E-state index in [1.165, 1.54) is 7.11 Å². The number of esters is 1. The molecule has 0 aliphatic carbocycles. The fourth-order valence-electron chi connectivity index (χ4n) is 3.90. The standard InChI is InChI=1S/C23H46O6S2/c1-5-8-9-14-17-21(30(25,26)6-2)20-22(31(27,28)7-3)18-15-12-10-11-13-16-19-23(24)29-4/h21-22H,5-20H2,1-4H3. The van der Waals surface area contributed by atoms with Crippen LogP contribution >= 0.6 is 0 Å². The summed E-state index contributed by atoms with van der Waals surface area (Å²) in [5.41, 5.74) is 0. The molecule has 2 unspecified atom stereocenters. The highest BCUT2D eigenvalue weighted by molar-refractivity contribution is 7.92. The largest absolute Gasteiger partial charge is 0.469 e. The van der Waals surface area contributed by atoms with E-state index in [-0.39, 0.29) is 23.9 Å². The molecule has 0 aliphatic rings. The maximum absolute atomic E-state index is 12.7. The van der Waals surface area contributed by atoms with Crippen molar-refractivity contribution in [3.05, 3.63) is 0 Å². The molecule has 0 rings (SSSR count). The van der Waals surface area contributed by atoms with Crippen LogP contribution in [0.4, 0.5) is 0 Å². The maximum atomic E-state index is 12.7. The van der Waals surface area contributed by atoms with Gasteiger partial charge >= 0.3 is 5.97 Å².